The van der Waals surface area contributed by atoms with Gasteiger partial charge >= 0.3 is 6.61 Å². The topological polar surface area (TPSA) is 47.6 Å². The van der Waals surface area contributed by atoms with Gasteiger partial charge in [0.05, 0.1) is 7.11 Å². The van der Waals surface area contributed by atoms with E-state index in [1.54, 1.807) is 6.07 Å². The van der Waals surface area contributed by atoms with E-state index < -0.39 is 6.61 Å². The lowest BCUT2D eigenvalue weighted by molar-refractivity contribution is -0.116. The number of rotatable bonds is 7. The van der Waals surface area contributed by atoms with E-state index in [1.807, 2.05) is 18.2 Å². The lowest BCUT2D eigenvalue weighted by Crippen LogP contribution is -2.20. The van der Waals surface area contributed by atoms with Gasteiger partial charge in [-0.25, -0.2) is 0 Å². The third kappa shape index (κ3) is 5.76. The summed E-state index contributed by atoms with van der Waals surface area (Å²) >= 11 is 6.02. The van der Waals surface area contributed by atoms with E-state index >= 15 is 0 Å². The van der Waals surface area contributed by atoms with Crippen molar-refractivity contribution in [3.63, 3.8) is 0 Å². The van der Waals surface area contributed by atoms with Crippen LogP contribution in [0.5, 0.6) is 11.5 Å². The molecule has 25 heavy (non-hydrogen) atoms. The van der Waals surface area contributed by atoms with Crippen molar-refractivity contribution in [1.29, 1.82) is 0 Å². The van der Waals surface area contributed by atoms with Crippen LogP contribution in [0.15, 0.2) is 48.5 Å². The number of carbonyl (C=O) groups is 1. The van der Waals surface area contributed by atoms with Crippen LogP contribution in [0.2, 0.25) is 5.02 Å². The summed E-state index contributed by atoms with van der Waals surface area (Å²) < 4.78 is 33.9. The number of methoxy groups -OCH3 is 1. The van der Waals surface area contributed by atoms with E-state index in [1.165, 1.54) is 37.5 Å². The van der Waals surface area contributed by atoms with Gasteiger partial charge in [-0.3, -0.25) is 4.79 Å². The number of hydrogen-bond acceptors (Lipinski definition) is 3. The molecule has 0 aliphatic carbocycles. The summed E-state index contributed by atoms with van der Waals surface area (Å²) in [5, 5.41) is 3.29. The fourth-order valence-electron chi connectivity index (χ4n) is 2.04. The monoisotopic (exact) mass is 367 g/mol. The highest BCUT2D eigenvalue weighted by Crippen LogP contribution is 2.29. The van der Waals surface area contributed by atoms with Gasteiger partial charge in [-0.15, -0.1) is 0 Å². The third-order valence-electron chi connectivity index (χ3n) is 3.24. The Balaban J connectivity index is 1.98. The first kappa shape index (κ1) is 18.7. The molecule has 0 aromatic heterocycles. The maximum Gasteiger partial charge on any atom is 0.387 e. The van der Waals surface area contributed by atoms with Crippen molar-refractivity contribution in [2.75, 3.05) is 7.11 Å². The van der Waals surface area contributed by atoms with Crippen LogP contribution in [0.3, 0.4) is 0 Å². The molecule has 2 aromatic carbocycles. The van der Waals surface area contributed by atoms with Crippen molar-refractivity contribution in [3.05, 3.63) is 64.7 Å². The second-order valence-corrected chi connectivity index (χ2v) is 5.34. The van der Waals surface area contributed by atoms with Gasteiger partial charge in [0, 0.05) is 17.6 Å². The molecule has 7 heteroatoms. The number of alkyl halides is 2. The average Bonchev–Trinajstić information content (AvgIpc) is 2.59. The van der Waals surface area contributed by atoms with Gasteiger partial charge in [0.2, 0.25) is 5.91 Å². The fourth-order valence-corrected chi connectivity index (χ4v) is 2.24. The summed E-state index contributed by atoms with van der Waals surface area (Å²) in [6.45, 7) is -2.64. The molecule has 4 nitrogen and oxygen atoms in total. The molecule has 0 radical (unpaired) electrons. The number of ether oxygens (including phenoxy) is 2. The fraction of sp³-hybridized carbons (Fsp3) is 0.167. The van der Waals surface area contributed by atoms with Crippen molar-refractivity contribution in [1.82, 2.24) is 5.32 Å². The van der Waals surface area contributed by atoms with Crippen LogP contribution in [0.4, 0.5) is 8.78 Å². The molecule has 0 unspecified atom stereocenters. The van der Waals surface area contributed by atoms with E-state index in [2.05, 4.69) is 10.1 Å². The lowest BCUT2D eigenvalue weighted by atomic mass is 10.2. The minimum Gasteiger partial charge on any atom is -0.493 e. The molecule has 0 saturated carbocycles. The number of nitrogens with one attached hydrogen (secondary N) is 1. The zero-order chi connectivity index (χ0) is 18.2. The maximum absolute atomic E-state index is 12.3. The number of hydrogen-bond donors (Lipinski definition) is 1. The molecule has 0 heterocycles. The van der Waals surface area contributed by atoms with Gasteiger partial charge in [0.25, 0.3) is 0 Å². The first-order valence-corrected chi connectivity index (χ1v) is 7.69. The Bertz CT molecular complexity index is 766. The molecule has 0 atom stereocenters. The van der Waals surface area contributed by atoms with E-state index in [9.17, 15) is 13.6 Å². The second kappa shape index (κ2) is 9.03. The van der Waals surface area contributed by atoms with Crippen LogP contribution >= 0.6 is 11.6 Å². The summed E-state index contributed by atoms with van der Waals surface area (Å²) in [6, 6.07) is 11.6. The Labute approximate surface area is 149 Å². The Hall–Kier alpha value is -2.60. The minimum absolute atomic E-state index is 0.0715. The van der Waals surface area contributed by atoms with Crippen LogP contribution < -0.4 is 14.8 Å². The minimum atomic E-state index is -2.94. The van der Waals surface area contributed by atoms with Crippen LogP contribution in [-0.4, -0.2) is 19.6 Å². The highest BCUT2D eigenvalue weighted by atomic mass is 35.5. The number of benzene rings is 2. The number of halogens is 3. The van der Waals surface area contributed by atoms with Gasteiger partial charge in [-0.2, -0.15) is 8.78 Å². The molecule has 0 aliphatic rings. The van der Waals surface area contributed by atoms with E-state index in [0.29, 0.717) is 17.1 Å². The summed E-state index contributed by atoms with van der Waals surface area (Å²) in [4.78, 5) is 11.9. The molecular weight excluding hydrogens is 352 g/mol. The predicted molar refractivity (Wildman–Crippen MR) is 92.0 cm³/mol. The lowest BCUT2D eigenvalue weighted by Gasteiger charge is -2.10. The normalized spacial score (nSPS) is 10.9. The van der Waals surface area contributed by atoms with Crippen molar-refractivity contribution < 1.29 is 23.0 Å². The summed E-state index contributed by atoms with van der Waals surface area (Å²) in [6.07, 6.45) is 2.87. The van der Waals surface area contributed by atoms with Crippen LogP contribution in [0.25, 0.3) is 6.08 Å². The van der Waals surface area contributed by atoms with Crippen molar-refractivity contribution in [2.24, 2.45) is 0 Å². The highest BCUT2D eigenvalue weighted by molar-refractivity contribution is 6.31. The van der Waals surface area contributed by atoms with Crippen molar-refractivity contribution in [2.45, 2.75) is 13.2 Å². The van der Waals surface area contributed by atoms with Gasteiger partial charge in [0.15, 0.2) is 11.5 Å². The van der Waals surface area contributed by atoms with Crippen LogP contribution in [0, 0.1) is 0 Å². The largest absolute Gasteiger partial charge is 0.493 e. The molecule has 0 spiro atoms. The molecule has 0 bridgehead atoms. The van der Waals surface area contributed by atoms with Crippen LogP contribution in [-0.2, 0) is 11.3 Å². The Morgan fingerprint density at radius 3 is 2.68 bits per heavy atom. The molecule has 1 amide bonds. The quantitative estimate of drug-likeness (QED) is 0.743. The molecular formula is C18H16ClF2NO3. The summed E-state index contributed by atoms with van der Waals surface area (Å²) in [7, 11) is 1.34. The zero-order valence-electron chi connectivity index (χ0n) is 13.3. The predicted octanol–water partition coefficient (Wildman–Crippen LogP) is 4.28. The summed E-state index contributed by atoms with van der Waals surface area (Å²) in [5.74, 6) is -0.233. The number of carbonyl (C=O) groups excluding carboxylic acids is 1. The van der Waals surface area contributed by atoms with Gasteiger partial charge in [-0.1, -0.05) is 35.9 Å². The second-order valence-electron chi connectivity index (χ2n) is 4.93. The Kier molecular flexibility index (Phi) is 6.77. The Morgan fingerprint density at radius 2 is 2.00 bits per heavy atom. The summed E-state index contributed by atoms with van der Waals surface area (Å²) in [5.41, 5.74) is 1.41. The standard InChI is InChI=1S/C18H16ClF2NO3/c1-24-16-10-12(6-8-15(16)25-18(20)21)7-9-17(23)22-11-13-4-2-3-5-14(13)19/h2-10,18H,11H2,1H3,(H,22,23)/b9-7+. The number of amides is 1. The van der Waals surface area contributed by atoms with E-state index in [0.717, 1.165) is 5.56 Å². The average molecular weight is 368 g/mol. The van der Waals surface area contributed by atoms with E-state index in [4.69, 9.17) is 16.3 Å². The highest BCUT2D eigenvalue weighted by Gasteiger charge is 2.10. The molecule has 0 saturated heterocycles. The van der Waals surface area contributed by atoms with Gasteiger partial charge in [0.1, 0.15) is 0 Å². The molecule has 1 N–H and O–H groups in total. The van der Waals surface area contributed by atoms with Gasteiger partial charge < -0.3 is 14.8 Å². The first-order chi connectivity index (χ1) is 12.0. The smallest absolute Gasteiger partial charge is 0.387 e. The molecule has 2 rings (SSSR count). The van der Waals surface area contributed by atoms with Gasteiger partial charge in [-0.05, 0) is 35.4 Å². The molecule has 0 fully saturated rings. The zero-order valence-corrected chi connectivity index (χ0v) is 14.1. The first-order valence-electron chi connectivity index (χ1n) is 7.31. The third-order valence-corrected chi connectivity index (χ3v) is 3.61. The SMILES string of the molecule is COc1cc(/C=C/C(=O)NCc2ccccc2Cl)ccc1OC(F)F. The van der Waals surface area contributed by atoms with E-state index in [-0.39, 0.29) is 17.4 Å². The van der Waals surface area contributed by atoms with Crippen molar-refractivity contribution >= 4 is 23.6 Å². The van der Waals surface area contributed by atoms with Crippen LogP contribution in [0.1, 0.15) is 11.1 Å². The molecule has 2 aromatic rings. The van der Waals surface area contributed by atoms with Crippen molar-refractivity contribution in [3.8, 4) is 11.5 Å². The maximum atomic E-state index is 12.3. The molecule has 0 aliphatic heterocycles. The molecule has 132 valence electrons. The Morgan fingerprint density at radius 1 is 1.24 bits per heavy atom.